The van der Waals surface area contributed by atoms with Gasteiger partial charge < -0.3 is 19.0 Å². The molecule has 12 heteroatoms. The number of aromatic nitrogens is 6. The molecule has 5 aromatic heterocycles. The summed E-state index contributed by atoms with van der Waals surface area (Å²) >= 11 is 0. The molecule has 0 aliphatic carbocycles. The molecule has 1 aliphatic heterocycles. The zero-order valence-electron chi connectivity index (χ0n) is 37.0. The van der Waals surface area contributed by atoms with E-state index < -0.39 is 5.41 Å². The number of fused-ring (bicyclic) bond motifs is 2. The smallest absolute Gasteiger partial charge is 0.314 e. The van der Waals surface area contributed by atoms with Gasteiger partial charge in [-0.25, -0.2) is 19.9 Å². The highest BCUT2D eigenvalue weighted by atomic mass is 16.7. The monoisotopic (exact) mass is 875 g/mol. The van der Waals surface area contributed by atoms with Crippen LogP contribution in [0.1, 0.15) is 66.9 Å². The van der Waals surface area contributed by atoms with Crippen LogP contribution >= 0.6 is 0 Å². The Morgan fingerprint density at radius 3 is 1.71 bits per heavy atom. The van der Waals surface area contributed by atoms with Crippen molar-refractivity contribution in [2.75, 3.05) is 6.79 Å². The Labute approximate surface area is 382 Å². The van der Waals surface area contributed by atoms with Crippen LogP contribution in [0.15, 0.2) is 174 Å². The second kappa shape index (κ2) is 19.3. The van der Waals surface area contributed by atoms with E-state index in [-0.39, 0.29) is 18.6 Å². The maximum Gasteiger partial charge on any atom is 0.314 e. The molecule has 330 valence electrons. The summed E-state index contributed by atoms with van der Waals surface area (Å²) < 4.78 is 20.8. The number of carbonyl (C=O) groups excluding carboxylic acids is 1. The van der Waals surface area contributed by atoms with Crippen molar-refractivity contribution in [3.63, 3.8) is 0 Å². The van der Waals surface area contributed by atoms with Crippen LogP contribution in [0.5, 0.6) is 11.8 Å². The van der Waals surface area contributed by atoms with E-state index in [1.165, 1.54) is 0 Å². The molecule has 6 heterocycles. The second-order valence-electron chi connectivity index (χ2n) is 17.0. The number of ether oxygens (including phenoxy) is 2. The molecule has 0 bridgehead atoms. The predicted molar refractivity (Wildman–Crippen MR) is 254 cm³/mol. The summed E-state index contributed by atoms with van der Waals surface area (Å²) in [6.45, 7) is 5.19. The molecule has 0 atom stereocenters. The molecule has 9 aromatic rings. The first-order valence-corrected chi connectivity index (χ1v) is 21.9. The average Bonchev–Trinajstić information content (AvgIpc) is 4.17. The number of rotatable bonds is 13. The first-order valence-electron chi connectivity index (χ1n) is 21.9. The van der Waals surface area contributed by atoms with Crippen LogP contribution in [-0.2, 0) is 35.2 Å². The molecule has 0 saturated carbocycles. The largest absolute Gasteiger partial charge is 0.493 e. The van der Waals surface area contributed by atoms with Crippen LogP contribution < -0.4 is 4.74 Å². The van der Waals surface area contributed by atoms with Gasteiger partial charge >= 0.3 is 5.97 Å². The van der Waals surface area contributed by atoms with E-state index >= 15 is 0 Å². The molecule has 0 saturated heterocycles. The van der Waals surface area contributed by atoms with Gasteiger partial charge in [0.1, 0.15) is 17.1 Å². The Morgan fingerprint density at radius 2 is 1.18 bits per heavy atom. The molecule has 1 N–H and O–H groups in total. The number of carbonyl (C=O) groups is 1. The number of imidazole rings is 2. The summed E-state index contributed by atoms with van der Waals surface area (Å²) in [5.41, 5.74) is 10.6. The summed E-state index contributed by atoms with van der Waals surface area (Å²) in [6, 6.07) is 44.1. The molecule has 0 radical (unpaired) electrons. The topological polar surface area (TPSA) is 142 Å². The fourth-order valence-corrected chi connectivity index (χ4v) is 7.62. The van der Waals surface area contributed by atoms with E-state index in [2.05, 4.69) is 29.3 Å². The van der Waals surface area contributed by atoms with Crippen molar-refractivity contribution in [1.82, 2.24) is 28.7 Å². The predicted octanol–water partition coefficient (Wildman–Crippen LogP) is 10.7. The van der Waals surface area contributed by atoms with Crippen LogP contribution in [-0.4, -0.2) is 52.3 Å². The Hall–Kier alpha value is -8.12. The molecule has 0 unspecified atom stereocenters. The zero-order valence-corrected chi connectivity index (χ0v) is 37.0. The quantitative estimate of drug-likeness (QED) is 0.0885. The van der Waals surface area contributed by atoms with E-state index in [0.29, 0.717) is 54.2 Å². The molecular formula is C54H49N7O5. The van der Waals surface area contributed by atoms with Gasteiger partial charge in [0.25, 0.3) is 0 Å². The lowest BCUT2D eigenvalue weighted by Gasteiger charge is -2.17. The van der Waals surface area contributed by atoms with Crippen LogP contribution in [0.2, 0.25) is 0 Å². The number of benzene rings is 4. The number of aliphatic imine (C=N–C) groups is 1. The summed E-state index contributed by atoms with van der Waals surface area (Å²) in [6.07, 6.45) is 12.2. The van der Waals surface area contributed by atoms with Gasteiger partial charge in [-0.2, -0.15) is 0 Å². The SMILES string of the molecule is CC(C)(C)C(=O)OCOc1c(Cc2ccco2)nc2c(Cc3ccccc3)nc(-c3ccccc3)cn12.Oc1c(CC2=NC=CC2)nc2c(Cc3ccccc3)nc(-c3ccccc3)cn12. The van der Waals surface area contributed by atoms with Crippen molar-refractivity contribution in [3.8, 4) is 34.3 Å². The summed E-state index contributed by atoms with van der Waals surface area (Å²) in [5.74, 6) is 1.05. The number of allylic oxidation sites excluding steroid dienone is 1. The minimum Gasteiger partial charge on any atom is -0.493 e. The van der Waals surface area contributed by atoms with Crippen molar-refractivity contribution in [3.05, 3.63) is 204 Å². The third-order valence-electron chi connectivity index (χ3n) is 11.0. The lowest BCUT2D eigenvalue weighted by molar-refractivity contribution is -0.159. The molecule has 66 heavy (non-hydrogen) atoms. The number of hydrogen-bond donors (Lipinski definition) is 1. The van der Waals surface area contributed by atoms with E-state index in [4.69, 9.17) is 33.8 Å². The number of aromatic hydroxyl groups is 1. The average molecular weight is 876 g/mol. The molecule has 0 fully saturated rings. The lowest BCUT2D eigenvalue weighted by atomic mass is 9.98. The highest BCUT2D eigenvalue weighted by Crippen LogP contribution is 2.31. The van der Waals surface area contributed by atoms with E-state index in [1.54, 1.807) is 37.6 Å². The third-order valence-corrected chi connectivity index (χ3v) is 11.0. The van der Waals surface area contributed by atoms with Gasteiger partial charge in [-0.1, -0.05) is 127 Å². The van der Waals surface area contributed by atoms with E-state index in [0.717, 1.165) is 62.9 Å². The van der Waals surface area contributed by atoms with Gasteiger partial charge in [0.2, 0.25) is 18.6 Å². The normalized spacial score (nSPS) is 12.3. The first-order chi connectivity index (χ1) is 32.2. The Balaban J connectivity index is 0.000000171. The lowest BCUT2D eigenvalue weighted by Crippen LogP contribution is -2.25. The van der Waals surface area contributed by atoms with Crippen LogP contribution in [0.4, 0.5) is 0 Å². The minimum atomic E-state index is -0.632. The molecule has 0 amide bonds. The van der Waals surface area contributed by atoms with Gasteiger partial charge in [-0.3, -0.25) is 18.6 Å². The van der Waals surface area contributed by atoms with Gasteiger partial charge in [0, 0.05) is 61.1 Å². The number of furan rings is 1. The van der Waals surface area contributed by atoms with Crippen LogP contribution in [0.25, 0.3) is 33.8 Å². The minimum absolute atomic E-state index is 0.156. The van der Waals surface area contributed by atoms with E-state index in [9.17, 15) is 9.90 Å². The van der Waals surface area contributed by atoms with Crippen molar-refractivity contribution < 1.29 is 23.8 Å². The van der Waals surface area contributed by atoms with Crippen LogP contribution in [0.3, 0.4) is 0 Å². The maximum absolute atomic E-state index is 12.3. The third kappa shape index (κ3) is 9.98. The standard InChI is InChI=1S/C30H29N3O4.C24H20N4O/c1-30(2,3)29(34)37-20-36-28-25(18-23-15-10-16-35-23)32-27-24(17-21-11-6-4-7-12-21)31-26(19-33(27)28)22-13-8-5-9-14-22;29-24-21(15-19-12-7-13-25-19)27-23-20(14-17-8-3-1-4-9-17)26-22(16-28(23)24)18-10-5-2-6-11-18/h4-16,19H,17-18,20H2,1-3H3;1-11,13,16,29H,12,14-15H2. The maximum atomic E-state index is 12.3. The van der Waals surface area contributed by atoms with Gasteiger partial charge in [-0.05, 0) is 44.0 Å². The van der Waals surface area contributed by atoms with Gasteiger partial charge in [0.15, 0.2) is 11.3 Å². The molecule has 4 aromatic carbocycles. The highest BCUT2D eigenvalue weighted by molar-refractivity contribution is 5.90. The fraction of sp³-hybridized carbons (Fsp3) is 0.185. The molecule has 1 aliphatic rings. The Kier molecular flexibility index (Phi) is 12.6. The Bertz CT molecular complexity index is 3140. The molecular weight excluding hydrogens is 827 g/mol. The number of esters is 1. The van der Waals surface area contributed by atoms with Crippen LogP contribution in [0, 0.1) is 5.41 Å². The summed E-state index contributed by atoms with van der Waals surface area (Å²) in [4.78, 5) is 36.3. The summed E-state index contributed by atoms with van der Waals surface area (Å²) in [5, 5.41) is 10.9. The first kappa shape index (κ1) is 43.1. The number of nitrogens with zero attached hydrogens (tertiary/aromatic N) is 7. The zero-order chi connectivity index (χ0) is 45.5. The van der Waals surface area contributed by atoms with Crippen molar-refractivity contribution >= 4 is 23.0 Å². The van der Waals surface area contributed by atoms with E-state index in [1.807, 2.05) is 132 Å². The highest BCUT2D eigenvalue weighted by Gasteiger charge is 2.25. The van der Waals surface area contributed by atoms with Crippen molar-refractivity contribution in [2.24, 2.45) is 10.4 Å². The number of hydrogen-bond acceptors (Lipinski definition) is 10. The van der Waals surface area contributed by atoms with Gasteiger partial charge in [0.05, 0.1) is 40.9 Å². The van der Waals surface area contributed by atoms with Crippen molar-refractivity contribution in [2.45, 2.75) is 52.9 Å². The van der Waals surface area contributed by atoms with Gasteiger partial charge in [-0.15, -0.1) is 0 Å². The van der Waals surface area contributed by atoms with Crippen molar-refractivity contribution in [1.29, 1.82) is 0 Å². The Morgan fingerprint density at radius 1 is 0.636 bits per heavy atom. The molecule has 0 spiro atoms. The second-order valence-corrected chi connectivity index (χ2v) is 17.0. The fourth-order valence-electron chi connectivity index (χ4n) is 7.62. The summed E-state index contributed by atoms with van der Waals surface area (Å²) in [7, 11) is 0. The molecule has 12 nitrogen and oxygen atoms in total. The molecule has 10 rings (SSSR count).